The SMILES string of the molecule is CCC(C)(C)NC(=O)[C@H](c1ccco1)N(C(=O)c1csnn1)c1cccc2ccccc12. The molecule has 2 amide bonds. The van der Waals surface area contributed by atoms with Gasteiger partial charge in [-0.3, -0.25) is 14.5 Å². The lowest BCUT2D eigenvalue weighted by Crippen LogP contribution is -2.50. The molecule has 8 heteroatoms. The number of fused-ring (bicyclic) bond motifs is 1. The van der Waals surface area contributed by atoms with Crippen molar-refractivity contribution in [3.05, 3.63) is 77.7 Å². The normalized spacial score (nSPS) is 12.5. The third kappa shape index (κ3) is 4.27. The average molecular weight is 449 g/mol. The van der Waals surface area contributed by atoms with E-state index in [2.05, 4.69) is 14.9 Å². The number of nitrogens with one attached hydrogen (secondary N) is 1. The van der Waals surface area contributed by atoms with E-state index in [9.17, 15) is 9.59 Å². The van der Waals surface area contributed by atoms with Crippen LogP contribution in [0.15, 0.2) is 70.7 Å². The fourth-order valence-electron chi connectivity index (χ4n) is 3.48. The monoisotopic (exact) mass is 448 g/mol. The van der Waals surface area contributed by atoms with Gasteiger partial charge in [0, 0.05) is 16.3 Å². The largest absolute Gasteiger partial charge is 0.467 e. The topological polar surface area (TPSA) is 88.3 Å². The van der Waals surface area contributed by atoms with Crippen molar-refractivity contribution in [3.8, 4) is 0 Å². The smallest absolute Gasteiger partial charge is 0.280 e. The molecule has 2 aromatic carbocycles. The minimum absolute atomic E-state index is 0.169. The summed E-state index contributed by atoms with van der Waals surface area (Å²) in [5, 5.41) is 10.4. The molecule has 0 unspecified atom stereocenters. The lowest BCUT2D eigenvalue weighted by molar-refractivity contribution is -0.124. The van der Waals surface area contributed by atoms with Crippen LogP contribution in [0.3, 0.4) is 0 Å². The number of benzene rings is 2. The van der Waals surface area contributed by atoms with E-state index < -0.39 is 17.5 Å². The molecule has 4 aromatic rings. The molecule has 2 heterocycles. The second-order valence-electron chi connectivity index (χ2n) is 8.11. The van der Waals surface area contributed by atoms with Crippen molar-refractivity contribution in [2.45, 2.75) is 38.8 Å². The lowest BCUT2D eigenvalue weighted by Gasteiger charge is -2.33. The molecule has 0 saturated heterocycles. The highest BCUT2D eigenvalue weighted by Gasteiger charge is 2.38. The first-order valence-corrected chi connectivity index (χ1v) is 11.2. The van der Waals surface area contributed by atoms with Crippen LogP contribution in [0.25, 0.3) is 10.8 Å². The van der Waals surface area contributed by atoms with E-state index in [0.29, 0.717) is 11.4 Å². The minimum Gasteiger partial charge on any atom is -0.467 e. The Labute approximate surface area is 190 Å². The maximum absolute atomic E-state index is 13.7. The Morgan fingerprint density at radius 3 is 2.59 bits per heavy atom. The summed E-state index contributed by atoms with van der Waals surface area (Å²) in [7, 11) is 0. The van der Waals surface area contributed by atoms with E-state index in [1.54, 1.807) is 17.5 Å². The third-order valence-corrected chi connectivity index (χ3v) is 5.99. The Morgan fingerprint density at radius 2 is 1.91 bits per heavy atom. The number of nitrogens with zero attached hydrogens (tertiary/aromatic N) is 3. The van der Waals surface area contributed by atoms with Crippen LogP contribution in [0.4, 0.5) is 5.69 Å². The Bertz CT molecular complexity index is 1210. The standard InChI is InChI=1S/C24H24N4O3S/c1-4-24(2,3)25-22(29)21(20-13-8-14-31-20)28(23(30)18-15-32-27-26-18)19-12-7-10-16-9-5-6-11-17(16)19/h5-15,21H,4H2,1-3H3,(H,25,29)/t21-/m0/s1. The van der Waals surface area contributed by atoms with Crippen molar-refractivity contribution in [3.63, 3.8) is 0 Å². The van der Waals surface area contributed by atoms with Crippen molar-refractivity contribution < 1.29 is 14.0 Å². The zero-order valence-corrected chi connectivity index (χ0v) is 18.9. The number of hydrogen-bond donors (Lipinski definition) is 1. The molecule has 1 N–H and O–H groups in total. The third-order valence-electron chi connectivity index (χ3n) is 5.49. The number of amides is 2. The highest BCUT2D eigenvalue weighted by atomic mass is 32.1. The van der Waals surface area contributed by atoms with Gasteiger partial charge in [0.1, 0.15) is 5.76 Å². The molecule has 0 spiro atoms. The van der Waals surface area contributed by atoms with Crippen molar-refractivity contribution in [1.82, 2.24) is 14.9 Å². The van der Waals surface area contributed by atoms with Gasteiger partial charge in [-0.1, -0.05) is 47.8 Å². The van der Waals surface area contributed by atoms with Crippen LogP contribution in [-0.4, -0.2) is 26.9 Å². The molecular weight excluding hydrogens is 424 g/mol. The van der Waals surface area contributed by atoms with Crippen LogP contribution in [0, 0.1) is 0 Å². The van der Waals surface area contributed by atoms with E-state index in [1.165, 1.54) is 11.2 Å². The van der Waals surface area contributed by atoms with Gasteiger partial charge >= 0.3 is 0 Å². The molecule has 0 aliphatic heterocycles. The quantitative estimate of drug-likeness (QED) is 0.431. The van der Waals surface area contributed by atoms with E-state index in [1.807, 2.05) is 63.2 Å². The maximum atomic E-state index is 13.7. The summed E-state index contributed by atoms with van der Waals surface area (Å²) in [4.78, 5) is 28.8. The number of carbonyl (C=O) groups excluding carboxylic acids is 2. The molecular formula is C24H24N4O3S. The first-order chi connectivity index (χ1) is 15.4. The number of carbonyl (C=O) groups is 2. The Kier molecular flexibility index (Phi) is 6.05. The van der Waals surface area contributed by atoms with Crippen molar-refractivity contribution in [2.75, 3.05) is 4.90 Å². The molecule has 32 heavy (non-hydrogen) atoms. The van der Waals surface area contributed by atoms with Gasteiger partial charge in [0.2, 0.25) is 0 Å². The molecule has 0 radical (unpaired) electrons. The Balaban J connectivity index is 1.92. The molecule has 4 rings (SSSR count). The average Bonchev–Trinajstić information content (AvgIpc) is 3.51. The zero-order chi connectivity index (χ0) is 22.7. The summed E-state index contributed by atoms with van der Waals surface area (Å²) in [5.41, 5.74) is 0.298. The summed E-state index contributed by atoms with van der Waals surface area (Å²) in [6.07, 6.45) is 2.22. The lowest BCUT2D eigenvalue weighted by atomic mass is 10.00. The van der Waals surface area contributed by atoms with E-state index in [4.69, 9.17) is 4.42 Å². The summed E-state index contributed by atoms with van der Waals surface area (Å²) < 4.78 is 9.50. The molecule has 2 aromatic heterocycles. The molecule has 1 atom stereocenters. The van der Waals surface area contributed by atoms with E-state index >= 15 is 0 Å². The first kappa shape index (κ1) is 21.7. The van der Waals surface area contributed by atoms with Crippen LogP contribution in [0.1, 0.15) is 49.5 Å². The van der Waals surface area contributed by atoms with Crippen molar-refractivity contribution >= 4 is 39.8 Å². The fourth-order valence-corrected chi connectivity index (χ4v) is 3.91. The maximum Gasteiger partial charge on any atom is 0.280 e. The summed E-state index contributed by atoms with van der Waals surface area (Å²) in [6, 6.07) is 15.8. The van der Waals surface area contributed by atoms with Gasteiger partial charge in [-0.05, 0) is 55.4 Å². The van der Waals surface area contributed by atoms with Crippen LogP contribution in [0.5, 0.6) is 0 Å². The zero-order valence-electron chi connectivity index (χ0n) is 18.1. The van der Waals surface area contributed by atoms with E-state index in [-0.39, 0.29) is 11.6 Å². The van der Waals surface area contributed by atoms with Gasteiger partial charge in [0.05, 0.1) is 12.0 Å². The molecule has 164 valence electrons. The van der Waals surface area contributed by atoms with Crippen molar-refractivity contribution in [1.29, 1.82) is 0 Å². The number of furan rings is 1. The molecule has 7 nitrogen and oxygen atoms in total. The second kappa shape index (κ2) is 8.92. The van der Waals surface area contributed by atoms with Gasteiger partial charge in [-0.25, -0.2) is 0 Å². The van der Waals surface area contributed by atoms with Gasteiger partial charge in [0.15, 0.2) is 11.7 Å². The summed E-state index contributed by atoms with van der Waals surface area (Å²) >= 11 is 1.08. The Hall–Kier alpha value is -3.52. The van der Waals surface area contributed by atoms with Crippen LogP contribution in [0.2, 0.25) is 0 Å². The predicted molar refractivity (Wildman–Crippen MR) is 125 cm³/mol. The number of anilines is 1. The van der Waals surface area contributed by atoms with Gasteiger partial charge in [-0.15, -0.1) is 5.10 Å². The van der Waals surface area contributed by atoms with E-state index in [0.717, 1.165) is 28.7 Å². The molecule has 0 aliphatic carbocycles. The van der Waals surface area contributed by atoms with Crippen molar-refractivity contribution in [2.24, 2.45) is 0 Å². The number of aromatic nitrogens is 2. The first-order valence-electron chi connectivity index (χ1n) is 10.3. The van der Waals surface area contributed by atoms with Crippen LogP contribution in [-0.2, 0) is 4.79 Å². The van der Waals surface area contributed by atoms with Gasteiger partial charge in [-0.2, -0.15) is 0 Å². The molecule has 0 fully saturated rings. The Morgan fingerprint density at radius 1 is 1.12 bits per heavy atom. The van der Waals surface area contributed by atoms with Gasteiger partial charge < -0.3 is 9.73 Å². The number of rotatable bonds is 7. The number of hydrogen-bond acceptors (Lipinski definition) is 6. The fraction of sp³-hybridized carbons (Fsp3) is 0.250. The van der Waals surface area contributed by atoms with Gasteiger partial charge in [0.25, 0.3) is 11.8 Å². The minimum atomic E-state index is -1.03. The van der Waals surface area contributed by atoms with Crippen LogP contribution >= 0.6 is 11.5 Å². The molecule has 0 aliphatic rings. The van der Waals surface area contributed by atoms with Crippen LogP contribution < -0.4 is 10.2 Å². The summed E-state index contributed by atoms with van der Waals surface area (Å²) in [5.74, 6) is -0.406. The molecule has 0 bridgehead atoms. The second-order valence-corrected chi connectivity index (χ2v) is 8.72. The summed E-state index contributed by atoms with van der Waals surface area (Å²) in [6.45, 7) is 5.88. The highest BCUT2D eigenvalue weighted by Crippen LogP contribution is 2.35. The molecule has 0 saturated carbocycles. The highest BCUT2D eigenvalue weighted by molar-refractivity contribution is 7.03. The predicted octanol–water partition coefficient (Wildman–Crippen LogP) is 4.98.